The molecule has 2 aromatic carbocycles. The topological polar surface area (TPSA) is 119 Å². The molecule has 0 aliphatic carbocycles. The van der Waals surface area contributed by atoms with E-state index in [-0.39, 0.29) is 28.0 Å². The summed E-state index contributed by atoms with van der Waals surface area (Å²) in [5.41, 5.74) is 6.30. The summed E-state index contributed by atoms with van der Waals surface area (Å²) in [6.07, 6.45) is 1.24. The van der Waals surface area contributed by atoms with E-state index in [1.54, 1.807) is 6.07 Å². The quantitative estimate of drug-likeness (QED) is 0.489. The summed E-state index contributed by atoms with van der Waals surface area (Å²) < 4.78 is 15.2. The summed E-state index contributed by atoms with van der Waals surface area (Å²) in [7, 11) is 0. The molecule has 0 saturated heterocycles. The Morgan fingerprint density at radius 1 is 1.21 bits per heavy atom. The number of nitrogens with zero attached hydrogens (tertiary/aromatic N) is 3. The molecule has 2 aromatic heterocycles. The highest BCUT2D eigenvalue weighted by atomic mass is 35.5. The number of carbonyl (C=O) groups excluding carboxylic acids is 2. The van der Waals surface area contributed by atoms with Crippen LogP contribution in [0.25, 0.3) is 17.0 Å². The zero-order chi connectivity index (χ0) is 19.8. The minimum atomic E-state index is -0.889. The Bertz CT molecular complexity index is 1200. The lowest BCUT2D eigenvalue weighted by Crippen LogP contribution is -2.23. The number of halogens is 2. The molecule has 8 nitrogen and oxygen atoms in total. The maximum Gasteiger partial charge on any atom is 0.276 e. The van der Waals surface area contributed by atoms with Crippen molar-refractivity contribution in [2.24, 2.45) is 5.73 Å². The number of amides is 2. The third kappa shape index (κ3) is 3.08. The lowest BCUT2D eigenvalue weighted by atomic mass is 10.2. The number of imidazole rings is 2. The number of rotatable bonds is 4. The van der Waals surface area contributed by atoms with Crippen LogP contribution in [0.4, 0.5) is 10.1 Å². The third-order valence-corrected chi connectivity index (χ3v) is 4.24. The average molecular weight is 399 g/mol. The summed E-state index contributed by atoms with van der Waals surface area (Å²) in [5, 5.41) is 2.54. The van der Waals surface area contributed by atoms with Crippen LogP contribution in [0.15, 0.2) is 48.8 Å². The van der Waals surface area contributed by atoms with Crippen LogP contribution in [0.1, 0.15) is 21.0 Å². The fourth-order valence-electron chi connectivity index (χ4n) is 2.74. The second kappa shape index (κ2) is 6.78. The second-order valence-electron chi connectivity index (χ2n) is 5.83. The number of nitrogens with two attached hydrogens (primary N) is 1. The largest absolute Gasteiger partial charge is 0.364 e. The first-order valence-electron chi connectivity index (χ1n) is 8.02. The van der Waals surface area contributed by atoms with Gasteiger partial charge in [0.1, 0.15) is 17.8 Å². The van der Waals surface area contributed by atoms with Gasteiger partial charge >= 0.3 is 0 Å². The van der Waals surface area contributed by atoms with E-state index in [4.69, 9.17) is 17.3 Å². The van der Waals surface area contributed by atoms with Crippen molar-refractivity contribution in [2.75, 3.05) is 5.32 Å². The van der Waals surface area contributed by atoms with E-state index in [0.29, 0.717) is 5.52 Å². The number of H-pyrrole nitrogens is 1. The van der Waals surface area contributed by atoms with Gasteiger partial charge in [-0.15, -0.1) is 0 Å². The summed E-state index contributed by atoms with van der Waals surface area (Å²) in [5.74, 6) is -2.15. The molecule has 0 radical (unpaired) electrons. The minimum absolute atomic E-state index is 0.108. The standard InChI is InChI=1S/C18H12ClFN6O2/c19-9-5-6-11(10(20)7-9)23-17(28)14-15(16(21)27)26(8-22-14)18-24-12-3-1-2-4-13(12)25-18/h1-8H,(H2,21,27)(H,23,28)(H,24,25). The molecule has 0 spiro atoms. The molecule has 140 valence electrons. The van der Waals surface area contributed by atoms with E-state index in [0.717, 1.165) is 11.6 Å². The Morgan fingerprint density at radius 3 is 2.71 bits per heavy atom. The molecule has 0 unspecified atom stereocenters. The van der Waals surface area contributed by atoms with E-state index in [9.17, 15) is 14.0 Å². The summed E-state index contributed by atoms with van der Waals surface area (Å²) in [4.78, 5) is 35.9. The molecule has 0 bridgehead atoms. The first kappa shape index (κ1) is 17.7. The van der Waals surface area contributed by atoms with Gasteiger partial charge in [0.25, 0.3) is 11.8 Å². The maximum absolute atomic E-state index is 13.9. The van der Waals surface area contributed by atoms with Crippen molar-refractivity contribution in [2.45, 2.75) is 0 Å². The smallest absolute Gasteiger partial charge is 0.276 e. The first-order chi connectivity index (χ1) is 13.4. The molecule has 4 rings (SSSR count). The fourth-order valence-corrected chi connectivity index (χ4v) is 2.90. The lowest BCUT2D eigenvalue weighted by Gasteiger charge is -2.07. The van der Waals surface area contributed by atoms with Crippen LogP contribution in [0.3, 0.4) is 0 Å². The summed E-state index contributed by atoms with van der Waals surface area (Å²) in [6.45, 7) is 0. The number of benzene rings is 2. The van der Waals surface area contributed by atoms with Crippen molar-refractivity contribution in [1.82, 2.24) is 19.5 Å². The number of primary amides is 1. The molecule has 2 amide bonds. The van der Waals surface area contributed by atoms with Gasteiger partial charge in [-0.05, 0) is 30.3 Å². The van der Waals surface area contributed by atoms with Crippen molar-refractivity contribution in [3.8, 4) is 5.95 Å². The van der Waals surface area contributed by atoms with Gasteiger partial charge < -0.3 is 16.0 Å². The number of carbonyl (C=O) groups is 2. The van der Waals surface area contributed by atoms with E-state index in [1.165, 1.54) is 23.0 Å². The molecule has 4 N–H and O–H groups in total. The maximum atomic E-state index is 13.9. The Hall–Kier alpha value is -3.72. The number of aromatic amines is 1. The number of aromatic nitrogens is 4. The zero-order valence-electron chi connectivity index (χ0n) is 14.1. The van der Waals surface area contributed by atoms with Crippen molar-refractivity contribution in [1.29, 1.82) is 0 Å². The molecular weight excluding hydrogens is 387 g/mol. The molecule has 0 saturated carbocycles. The predicted octanol–water partition coefficient (Wildman–Crippen LogP) is 2.89. The highest BCUT2D eigenvalue weighted by molar-refractivity contribution is 6.30. The average Bonchev–Trinajstić information content (AvgIpc) is 3.27. The number of para-hydroxylation sites is 2. The van der Waals surface area contributed by atoms with Crippen LogP contribution in [0, 0.1) is 5.82 Å². The van der Waals surface area contributed by atoms with Crippen molar-refractivity contribution < 1.29 is 14.0 Å². The third-order valence-electron chi connectivity index (χ3n) is 4.00. The Kier molecular flexibility index (Phi) is 4.28. The molecule has 0 fully saturated rings. The number of nitrogens with one attached hydrogen (secondary N) is 2. The van der Waals surface area contributed by atoms with Gasteiger partial charge in [-0.1, -0.05) is 23.7 Å². The van der Waals surface area contributed by atoms with Gasteiger partial charge in [-0.2, -0.15) is 0 Å². The van der Waals surface area contributed by atoms with Crippen LogP contribution in [-0.2, 0) is 0 Å². The molecule has 28 heavy (non-hydrogen) atoms. The Balaban J connectivity index is 1.74. The number of hydrogen-bond acceptors (Lipinski definition) is 4. The predicted molar refractivity (Wildman–Crippen MR) is 101 cm³/mol. The van der Waals surface area contributed by atoms with E-state index in [2.05, 4.69) is 20.3 Å². The van der Waals surface area contributed by atoms with Crippen LogP contribution < -0.4 is 11.1 Å². The highest BCUT2D eigenvalue weighted by Gasteiger charge is 2.25. The summed E-state index contributed by atoms with van der Waals surface area (Å²) in [6, 6.07) is 11.0. The van der Waals surface area contributed by atoms with E-state index < -0.39 is 17.6 Å². The van der Waals surface area contributed by atoms with Crippen molar-refractivity contribution in [3.63, 3.8) is 0 Å². The van der Waals surface area contributed by atoms with Gasteiger partial charge in [0.05, 0.1) is 16.7 Å². The normalized spacial score (nSPS) is 10.9. The van der Waals surface area contributed by atoms with E-state index in [1.807, 2.05) is 18.2 Å². The summed E-state index contributed by atoms with van der Waals surface area (Å²) >= 11 is 5.70. The highest BCUT2D eigenvalue weighted by Crippen LogP contribution is 2.21. The van der Waals surface area contributed by atoms with Crippen LogP contribution in [0.5, 0.6) is 0 Å². The Morgan fingerprint density at radius 2 is 2.00 bits per heavy atom. The minimum Gasteiger partial charge on any atom is -0.364 e. The first-order valence-corrected chi connectivity index (χ1v) is 8.40. The molecule has 2 heterocycles. The molecule has 0 aliphatic rings. The molecular formula is C18H12ClFN6O2. The lowest BCUT2D eigenvalue weighted by molar-refractivity contribution is 0.0970. The van der Waals surface area contributed by atoms with Crippen LogP contribution in [-0.4, -0.2) is 31.3 Å². The fraction of sp³-hybridized carbons (Fsp3) is 0. The van der Waals surface area contributed by atoms with Crippen LogP contribution >= 0.6 is 11.6 Å². The van der Waals surface area contributed by atoms with E-state index >= 15 is 0 Å². The van der Waals surface area contributed by atoms with Crippen molar-refractivity contribution >= 4 is 40.1 Å². The van der Waals surface area contributed by atoms with Gasteiger partial charge in [0.2, 0.25) is 5.95 Å². The molecule has 0 aliphatic heterocycles. The van der Waals surface area contributed by atoms with Gasteiger partial charge in [-0.3, -0.25) is 14.2 Å². The number of hydrogen-bond donors (Lipinski definition) is 3. The monoisotopic (exact) mass is 398 g/mol. The van der Waals surface area contributed by atoms with Gasteiger partial charge in [0, 0.05) is 5.02 Å². The SMILES string of the molecule is NC(=O)c1c(C(=O)Nc2ccc(Cl)cc2F)ncn1-c1nc2ccccc2[nH]1. The van der Waals surface area contributed by atoms with Crippen LogP contribution in [0.2, 0.25) is 5.02 Å². The molecule has 10 heteroatoms. The molecule has 4 aromatic rings. The zero-order valence-corrected chi connectivity index (χ0v) is 14.9. The van der Waals surface area contributed by atoms with Gasteiger partial charge in [0.15, 0.2) is 5.69 Å². The second-order valence-corrected chi connectivity index (χ2v) is 6.27. The Labute approximate surface area is 162 Å². The molecule has 0 atom stereocenters. The number of anilines is 1. The van der Waals surface area contributed by atoms with Crippen molar-refractivity contribution in [3.05, 3.63) is 71.0 Å². The van der Waals surface area contributed by atoms with Gasteiger partial charge in [-0.25, -0.2) is 14.4 Å². The number of fused-ring (bicyclic) bond motifs is 1.